The number of nitro benzene ring substituents is 1. The van der Waals surface area contributed by atoms with Gasteiger partial charge in [0.1, 0.15) is 10.6 Å². The second-order valence-corrected chi connectivity index (χ2v) is 5.07. The lowest BCUT2D eigenvalue weighted by molar-refractivity contribution is -0.385. The SMILES string of the molecule is CC(Nc1cc(C(=O)O)c([N+](=O)[O-])cc1F)c1nccs1. The first kappa shape index (κ1) is 14.9. The molecule has 1 aromatic heterocycles. The number of aromatic nitrogens is 1. The summed E-state index contributed by atoms with van der Waals surface area (Å²) in [6.45, 7) is 1.72. The van der Waals surface area contributed by atoms with Gasteiger partial charge in [0.15, 0.2) is 5.82 Å². The molecule has 2 N–H and O–H groups in total. The third kappa shape index (κ3) is 3.14. The normalized spacial score (nSPS) is 11.9. The van der Waals surface area contributed by atoms with Crippen molar-refractivity contribution in [2.45, 2.75) is 13.0 Å². The highest BCUT2D eigenvalue weighted by Gasteiger charge is 2.24. The van der Waals surface area contributed by atoms with Crippen LogP contribution in [0.4, 0.5) is 15.8 Å². The summed E-state index contributed by atoms with van der Waals surface area (Å²) in [6, 6.07) is 1.16. The molecular formula is C12H10FN3O4S. The van der Waals surface area contributed by atoms with Crippen LogP contribution >= 0.6 is 11.3 Å². The van der Waals surface area contributed by atoms with Gasteiger partial charge in [0.25, 0.3) is 5.69 Å². The number of nitrogens with one attached hydrogen (secondary N) is 1. The maximum absolute atomic E-state index is 13.9. The van der Waals surface area contributed by atoms with Crippen LogP contribution in [0.1, 0.15) is 28.3 Å². The van der Waals surface area contributed by atoms with E-state index in [0.717, 1.165) is 6.07 Å². The first-order valence-corrected chi connectivity index (χ1v) is 6.65. The fourth-order valence-electron chi connectivity index (χ4n) is 1.74. The highest BCUT2D eigenvalue weighted by molar-refractivity contribution is 7.09. The second-order valence-electron chi connectivity index (χ2n) is 4.15. The predicted octanol–water partition coefficient (Wildman–Crippen LogP) is 3.06. The largest absolute Gasteiger partial charge is 0.477 e. The van der Waals surface area contributed by atoms with E-state index in [-0.39, 0.29) is 11.7 Å². The highest BCUT2D eigenvalue weighted by atomic mass is 32.1. The Hall–Kier alpha value is -2.55. The van der Waals surface area contributed by atoms with Gasteiger partial charge in [-0.15, -0.1) is 11.3 Å². The fourth-order valence-corrected chi connectivity index (χ4v) is 2.38. The minimum absolute atomic E-state index is 0.124. The van der Waals surface area contributed by atoms with Crippen molar-refractivity contribution in [3.05, 3.63) is 50.2 Å². The monoisotopic (exact) mass is 311 g/mol. The number of aromatic carboxylic acids is 1. The number of carbonyl (C=O) groups is 1. The molecule has 0 aliphatic carbocycles. The molecule has 0 amide bonds. The van der Waals surface area contributed by atoms with E-state index < -0.39 is 28.0 Å². The Balaban J connectivity index is 2.38. The van der Waals surface area contributed by atoms with Gasteiger partial charge in [0, 0.05) is 11.6 Å². The molecule has 0 fully saturated rings. The van der Waals surface area contributed by atoms with Gasteiger partial charge in [-0.25, -0.2) is 14.2 Å². The Morgan fingerprint density at radius 1 is 1.57 bits per heavy atom. The van der Waals surface area contributed by atoms with E-state index in [1.807, 2.05) is 0 Å². The summed E-state index contributed by atoms with van der Waals surface area (Å²) < 4.78 is 13.9. The summed E-state index contributed by atoms with van der Waals surface area (Å²) in [5, 5.41) is 24.9. The predicted molar refractivity (Wildman–Crippen MR) is 74.2 cm³/mol. The van der Waals surface area contributed by atoms with Crippen molar-refractivity contribution in [1.82, 2.24) is 4.98 Å². The van der Waals surface area contributed by atoms with Crippen molar-refractivity contribution in [1.29, 1.82) is 0 Å². The molecular weight excluding hydrogens is 301 g/mol. The maximum atomic E-state index is 13.9. The number of hydrogen-bond donors (Lipinski definition) is 2. The summed E-state index contributed by atoms with van der Waals surface area (Å²) in [4.78, 5) is 24.9. The maximum Gasteiger partial charge on any atom is 0.342 e. The van der Waals surface area contributed by atoms with Gasteiger partial charge in [0.2, 0.25) is 0 Å². The number of anilines is 1. The van der Waals surface area contributed by atoms with E-state index >= 15 is 0 Å². The van der Waals surface area contributed by atoms with Gasteiger partial charge >= 0.3 is 5.97 Å². The summed E-state index contributed by atoms with van der Waals surface area (Å²) in [6.07, 6.45) is 1.59. The number of nitro groups is 1. The van der Waals surface area contributed by atoms with Crippen molar-refractivity contribution in [3.8, 4) is 0 Å². The van der Waals surface area contributed by atoms with Gasteiger partial charge in [-0.05, 0) is 13.0 Å². The zero-order valence-corrected chi connectivity index (χ0v) is 11.6. The molecule has 0 saturated heterocycles. The molecule has 1 heterocycles. The third-order valence-electron chi connectivity index (χ3n) is 2.71. The topological polar surface area (TPSA) is 105 Å². The molecule has 0 bridgehead atoms. The molecule has 9 heteroatoms. The minimum atomic E-state index is -1.49. The van der Waals surface area contributed by atoms with E-state index in [9.17, 15) is 19.3 Å². The molecule has 1 aromatic carbocycles. The molecule has 7 nitrogen and oxygen atoms in total. The molecule has 0 spiro atoms. The number of hydrogen-bond acceptors (Lipinski definition) is 6. The smallest absolute Gasteiger partial charge is 0.342 e. The number of nitrogens with zero attached hydrogens (tertiary/aromatic N) is 2. The summed E-state index contributed by atoms with van der Waals surface area (Å²) >= 11 is 1.35. The number of carboxylic acids is 1. The molecule has 1 atom stereocenters. The zero-order valence-electron chi connectivity index (χ0n) is 10.7. The third-order valence-corrected chi connectivity index (χ3v) is 3.66. The van der Waals surface area contributed by atoms with Crippen LogP contribution in [0.25, 0.3) is 0 Å². The average molecular weight is 311 g/mol. The summed E-state index contributed by atoms with van der Waals surface area (Å²) in [5.41, 5.74) is -1.48. The molecule has 1 unspecified atom stereocenters. The lowest BCUT2D eigenvalue weighted by Gasteiger charge is -2.14. The van der Waals surface area contributed by atoms with Crippen LogP contribution in [-0.2, 0) is 0 Å². The molecule has 0 aliphatic rings. The van der Waals surface area contributed by atoms with Crippen molar-refractivity contribution >= 4 is 28.7 Å². The van der Waals surface area contributed by atoms with Gasteiger partial charge in [-0.3, -0.25) is 10.1 Å². The molecule has 0 saturated carbocycles. The zero-order chi connectivity index (χ0) is 15.6. The van der Waals surface area contributed by atoms with Crippen LogP contribution in [0.2, 0.25) is 0 Å². The second kappa shape index (κ2) is 5.83. The Labute approximate surface area is 122 Å². The molecule has 0 aliphatic heterocycles. The van der Waals surface area contributed by atoms with E-state index in [4.69, 9.17) is 5.11 Å². The summed E-state index contributed by atoms with van der Waals surface area (Å²) in [7, 11) is 0. The molecule has 110 valence electrons. The summed E-state index contributed by atoms with van der Waals surface area (Å²) in [5.74, 6) is -2.39. The Kier molecular flexibility index (Phi) is 4.13. The molecule has 21 heavy (non-hydrogen) atoms. The van der Waals surface area contributed by atoms with Crippen LogP contribution in [-0.4, -0.2) is 21.0 Å². The van der Waals surface area contributed by atoms with Gasteiger partial charge in [0.05, 0.1) is 22.7 Å². The number of rotatable bonds is 5. The number of carboxylic acid groups (broad SMARTS) is 1. The number of halogens is 1. The first-order chi connectivity index (χ1) is 9.90. The van der Waals surface area contributed by atoms with Crippen LogP contribution in [0.5, 0.6) is 0 Å². The van der Waals surface area contributed by atoms with E-state index in [1.54, 1.807) is 18.5 Å². The Morgan fingerprint density at radius 2 is 2.29 bits per heavy atom. The van der Waals surface area contributed by atoms with Crippen molar-refractivity contribution in [2.24, 2.45) is 0 Å². The van der Waals surface area contributed by atoms with E-state index in [1.165, 1.54) is 11.3 Å². The Morgan fingerprint density at radius 3 is 2.81 bits per heavy atom. The standard InChI is InChI=1S/C12H10FN3O4S/c1-6(11-14-2-3-21-11)15-9-4-7(12(17)18)10(16(19)20)5-8(9)13/h2-6,15H,1H3,(H,17,18). The Bertz CT molecular complexity index is 690. The van der Waals surface area contributed by atoms with E-state index in [0.29, 0.717) is 11.1 Å². The van der Waals surface area contributed by atoms with Crippen LogP contribution in [0.15, 0.2) is 23.7 Å². The van der Waals surface area contributed by atoms with Gasteiger partial charge < -0.3 is 10.4 Å². The van der Waals surface area contributed by atoms with Gasteiger partial charge in [-0.1, -0.05) is 0 Å². The average Bonchev–Trinajstić information content (AvgIpc) is 2.94. The van der Waals surface area contributed by atoms with Gasteiger partial charge in [-0.2, -0.15) is 0 Å². The van der Waals surface area contributed by atoms with Crippen molar-refractivity contribution < 1.29 is 19.2 Å². The molecule has 2 aromatic rings. The van der Waals surface area contributed by atoms with Crippen LogP contribution < -0.4 is 5.32 Å². The number of thiazole rings is 1. The highest BCUT2D eigenvalue weighted by Crippen LogP contribution is 2.29. The first-order valence-electron chi connectivity index (χ1n) is 5.77. The molecule has 2 rings (SSSR count). The lowest BCUT2D eigenvalue weighted by Crippen LogP contribution is -2.10. The molecule has 0 radical (unpaired) electrons. The fraction of sp³-hybridized carbons (Fsp3) is 0.167. The van der Waals surface area contributed by atoms with Crippen molar-refractivity contribution in [2.75, 3.05) is 5.32 Å². The lowest BCUT2D eigenvalue weighted by atomic mass is 10.1. The van der Waals surface area contributed by atoms with Crippen LogP contribution in [0.3, 0.4) is 0 Å². The number of benzene rings is 1. The quantitative estimate of drug-likeness (QED) is 0.649. The van der Waals surface area contributed by atoms with Crippen LogP contribution in [0, 0.1) is 15.9 Å². The minimum Gasteiger partial charge on any atom is -0.477 e. The van der Waals surface area contributed by atoms with E-state index in [2.05, 4.69) is 10.3 Å². The van der Waals surface area contributed by atoms with Crippen molar-refractivity contribution in [3.63, 3.8) is 0 Å².